The summed E-state index contributed by atoms with van der Waals surface area (Å²) in [5.74, 6) is 0. The van der Waals surface area contributed by atoms with Crippen molar-refractivity contribution in [2.75, 3.05) is 13.1 Å². The first-order valence-electron chi connectivity index (χ1n) is 9.56. The van der Waals surface area contributed by atoms with Crippen LogP contribution >= 0.6 is 0 Å². The van der Waals surface area contributed by atoms with Gasteiger partial charge in [-0.25, -0.2) is 4.79 Å². The molecule has 1 saturated heterocycles. The third kappa shape index (κ3) is 8.59. The lowest BCUT2D eigenvalue weighted by atomic mass is 10.1. The Morgan fingerprint density at radius 3 is 2.61 bits per heavy atom. The van der Waals surface area contributed by atoms with Gasteiger partial charge in [0.05, 0.1) is 0 Å². The molecule has 1 amide bonds. The third-order valence-corrected chi connectivity index (χ3v) is 4.45. The summed E-state index contributed by atoms with van der Waals surface area (Å²) in [6.45, 7) is 12.0. The first-order valence-corrected chi connectivity index (χ1v) is 9.56. The molecule has 1 heterocycles. The summed E-state index contributed by atoms with van der Waals surface area (Å²) in [5.41, 5.74) is -0.413. The molecule has 4 nitrogen and oxygen atoms in total. The highest BCUT2D eigenvalue weighted by Gasteiger charge is 2.31. The van der Waals surface area contributed by atoms with Crippen LogP contribution in [0.25, 0.3) is 0 Å². The average Bonchev–Trinajstić information content (AvgIpc) is 2.91. The normalized spacial score (nSPS) is 19.9. The molecule has 0 aliphatic carbocycles. The number of unbranched alkanes of at least 4 members (excludes halogenated alkanes) is 4. The maximum atomic E-state index is 12.3. The standard InChI is InChI=1S/C19H38N2O2/c1-6-7-8-9-10-12-16(2)20-15-17-13-11-14-21(17)18(22)23-19(3,4)5/h16-17,20H,6-15H2,1-5H3. The Bertz CT molecular complexity index is 339. The molecule has 1 N–H and O–H groups in total. The fraction of sp³-hybridized carbons (Fsp3) is 0.947. The predicted octanol–water partition coefficient (Wildman–Crippen LogP) is 4.72. The van der Waals surface area contributed by atoms with E-state index in [0.717, 1.165) is 25.9 Å². The largest absolute Gasteiger partial charge is 0.444 e. The zero-order chi connectivity index (χ0) is 17.3. The molecule has 2 unspecified atom stereocenters. The van der Waals surface area contributed by atoms with Gasteiger partial charge in [0, 0.05) is 25.2 Å². The molecule has 1 fully saturated rings. The smallest absolute Gasteiger partial charge is 0.410 e. The molecule has 23 heavy (non-hydrogen) atoms. The molecule has 2 atom stereocenters. The first kappa shape index (κ1) is 20.3. The molecule has 0 aromatic rings. The summed E-state index contributed by atoms with van der Waals surface area (Å²) in [7, 11) is 0. The number of rotatable bonds is 9. The molecule has 136 valence electrons. The van der Waals surface area contributed by atoms with E-state index in [1.54, 1.807) is 0 Å². The molecule has 4 heteroatoms. The lowest BCUT2D eigenvalue weighted by Crippen LogP contribution is -2.45. The van der Waals surface area contributed by atoms with Gasteiger partial charge in [0.15, 0.2) is 0 Å². The Balaban J connectivity index is 2.25. The van der Waals surface area contributed by atoms with Crippen molar-refractivity contribution in [3.8, 4) is 0 Å². The highest BCUT2D eigenvalue weighted by atomic mass is 16.6. The summed E-state index contributed by atoms with van der Waals surface area (Å²) in [5, 5.41) is 3.61. The summed E-state index contributed by atoms with van der Waals surface area (Å²) < 4.78 is 5.52. The molecule has 0 bridgehead atoms. The SMILES string of the molecule is CCCCCCCC(C)NCC1CCCN1C(=O)OC(C)(C)C. The van der Waals surface area contributed by atoms with E-state index in [9.17, 15) is 4.79 Å². The number of carbonyl (C=O) groups excluding carboxylic acids is 1. The van der Waals surface area contributed by atoms with Gasteiger partial charge in [-0.3, -0.25) is 0 Å². The first-order chi connectivity index (χ1) is 10.8. The van der Waals surface area contributed by atoms with Crippen LogP contribution in [0.5, 0.6) is 0 Å². The second-order valence-electron chi connectivity index (χ2n) is 7.98. The topological polar surface area (TPSA) is 41.6 Å². The van der Waals surface area contributed by atoms with E-state index >= 15 is 0 Å². The maximum Gasteiger partial charge on any atom is 0.410 e. The van der Waals surface area contributed by atoms with Crippen molar-refractivity contribution >= 4 is 6.09 Å². The van der Waals surface area contributed by atoms with Gasteiger partial charge in [-0.2, -0.15) is 0 Å². The van der Waals surface area contributed by atoms with Crippen LogP contribution in [0.4, 0.5) is 4.79 Å². The Morgan fingerprint density at radius 1 is 1.26 bits per heavy atom. The maximum absolute atomic E-state index is 12.3. The molecule has 1 rings (SSSR count). The summed E-state index contributed by atoms with van der Waals surface area (Å²) in [4.78, 5) is 14.2. The second kappa shape index (κ2) is 10.2. The number of carbonyl (C=O) groups is 1. The summed E-state index contributed by atoms with van der Waals surface area (Å²) in [6.07, 6.45) is 9.88. The van der Waals surface area contributed by atoms with Gasteiger partial charge >= 0.3 is 6.09 Å². The van der Waals surface area contributed by atoms with E-state index in [1.807, 2.05) is 25.7 Å². The van der Waals surface area contributed by atoms with Crippen LogP contribution in [0.2, 0.25) is 0 Å². The van der Waals surface area contributed by atoms with Gasteiger partial charge in [0.2, 0.25) is 0 Å². The van der Waals surface area contributed by atoms with Crippen molar-refractivity contribution in [3.05, 3.63) is 0 Å². The van der Waals surface area contributed by atoms with E-state index < -0.39 is 5.60 Å². The molecular formula is C19H38N2O2. The minimum atomic E-state index is -0.413. The van der Waals surface area contributed by atoms with E-state index in [4.69, 9.17) is 4.74 Å². The van der Waals surface area contributed by atoms with Crippen LogP contribution < -0.4 is 5.32 Å². The third-order valence-electron chi connectivity index (χ3n) is 4.45. The summed E-state index contributed by atoms with van der Waals surface area (Å²) >= 11 is 0. The second-order valence-corrected chi connectivity index (χ2v) is 7.98. The van der Waals surface area contributed by atoms with Crippen LogP contribution in [0.3, 0.4) is 0 Å². The van der Waals surface area contributed by atoms with Gasteiger partial charge in [-0.15, -0.1) is 0 Å². The van der Waals surface area contributed by atoms with Gasteiger partial charge in [0.25, 0.3) is 0 Å². The average molecular weight is 327 g/mol. The molecule has 0 spiro atoms. The number of nitrogens with one attached hydrogen (secondary N) is 1. The van der Waals surface area contributed by atoms with Gasteiger partial charge < -0.3 is 15.0 Å². The van der Waals surface area contributed by atoms with Gasteiger partial charge in [-0.05, 0) is 47.0 Å². The monoisotopic (exact) mass is 326 g/mol. The van der Waals surface area contributed by atoms with Crippen molar-refractivity contribution in [1.29, 1.82) is 0 Å². The van der Waals surface area contributed by atoms with Gasteiger partial charge in [-0.1, -0.05) is 39.0 Å². The number of hydrogen-bond donors (Lipinski definition) is 1. The van der Waals surface area contributed by atoms with E-state index in [-0.39, 0.29) is 12.1 Å². The highest BCUT2D eigenvalue weighted by Crippen LogP contribution is 2.20. The fourth-order valence-electron chi connectivity index (χ4n) is 3.10. The molecular weight excluding hydrogens is 288 g/mol. The van der Waals surface area contributed by atoms with Crippen LogP contribution in [0.15, 0.2) is 0 Å². The van der Waals surface area contributed by atoms with Crippen molar-refractivity contribution in [3.63, 3.8) is 0 Å². The molecule has 0 saturated carbocycles. The number of ether oxygens (including phenoxy) is 1. The van der Waals surface area contributed by atoms with Crippen LogP contribution in [0, 0.1) is 0 Å². The lowest BCUT2D eigenvalue weighted by Gasteiger charge is -2.29. The Kier molecular flexibility index (Phi) is 8.96. The van der Waals surface area contributed by atoms with E-state index in [1.165, 1.54) is 38.5 Å². The molecule has 0 aromatic carbocycles. The Morgan fingerprint density at radius 2 is 1.96 bits per heavy atom. The number of amides is 1. The van der Waals surface area contributed by atoms with Crippen molar-refractivity contribution < 1.29 is 9.53 Å². The summed E-state index contributed by atoms with van der Waals surface area (Å²) in [6, 6.07) is 0.810. The van der Waals surface area contributed by atoms with Crippen LogP contribution in [-0.2, 0) is 4.74 Å². The molecule has 0 radical (unpaired) electrons. The molecule has 1 aliphatic heterocycles. The van der Waals surface area contributed by atoms with Crippen molar-refractivity contribution in [2.45, 2.75) is 104 Å². The number of nitrogens with zero attached hydrogens (tertiary/aromatic N) is 1. The van der Waals surface area contributed by atoms with Crippen LogP contribution in [-0.4, -0.2) is 41.8 Å². The number of likely N-dealkylation sites (tertiary alicyclic amines) is 1. The van der Waals surface area contributed by atoms with E-state index in [0.29, 0.717) is 6.04 Å². The minimum Gasteiger partial charge on any atom is -0.444 e. The van der Waals surface area contributed by atoms with Crippen molar-refractivity contribution in [1.82, 2.24) is 10.2 Å². The lowest BCUT2D eigenvalue weighted by molar-refractivity contribution is 0.0225. The zero-order valence-electron chi connectivity index (χ0n) is 16.0. The Labute approximate surface area is 143 Å². The van der Waals surface area contributed by atoms with Crippen LogP contribution in [0.1, 0.15) is 86.0 Å². The highest BCUT2D eigenvalue weighted by molar-refractivity contribution is 5.69. The minimum absolute atomic E-state index is 0.158. The quantitative estimate of drug-likeness (QED) is 0.623. The molecule has 0 aromatic heterocycles. The predicted molar refractivity (Wildman–Crippen MR) is 96.8 cm³/mol. The Hall–Kier alpha value is -0.770. The fourth-order valence-corrected chi connectivity index (χ4v) is 3.10. The van der Waals surface area contributed by atoms with E-state index in [2.05, 4.69) is 19.2 Å². The van der Waals surface area contributed by atoms with Crippen molar-refractivity contribution in [2.24, 2.45) is 0 Å². The van der Waals surface area contributed by atoms with Gasteiger partial charge in [0.1, 0.15) is 5.60 Å². The number of hydrogen-bond acceptors (Lipinski definition) is 3. The molecule has 1 aliphatic rings. The zero-order valence-corrected chi connectivity index (χ0v) is 16.0.